The summed E-state index contributed by atoms with van der Waals surface area (Å²) < 4.78 is 21.9. The van der Waals surface area contributed by atoms with Gasteiger partial charge in [-0.3, -0.25) is 4.79 Å². The standard InChI is InChI=1S/C28H30N2O6/c1-4-16-34-23-11-7-21(8-12-23)27(31)30-29-19-20-6-15-25(26(18-20)33-3)36-28(32)22-9-13-24(14-10-22)35-17-5-2/h6-15,18-19H,4-5,16-17H2,1-3H3,(H,30,31)/b29-19+. The van der Waals surface area contributed by atoms with Gasteiger partial charge in [0.05, 0.1) is 32.1 Å². The van der Waals surface area contributed by atoms with Crippen LogP contribution in [-0.4, -0.2) is 38.4 Å². The van der Waals surface area contributed by atoms with E-state index in [-0.39, 0.29) is 11.7 Å². The molecule has 1 N–H and O–H groups in total. The van der Waals surface area contributed by atoms with Crippen molar-refractivity contribution >= 4 is 18.1 Å². The van der Waals surface area contributed by atoms with Crippen LogP contribution in [0.15, 0.2) is 71.8 Å². The van der Waals surface area contributed by atoms with Crippen LogP contribution in [0, 0.1) is 0 Å². The van der Waals surface area contributed by atoms with Gasteiger partial charge in [-0.05, 0) is 85.1 Å². The van der Waals surface area contributed by atoms with E-state index in [2.05, 4.69) is 10.5 Å². The zero-order valence-corrected chi connectivity index (χ0v) is 20.7. The zero-order chi connectivity index (χ0) is 25.8. The predicted octanol–water partition coefficient (Wildman–Crippen LogP) is 5.26. The van der Waals surface area contributed by atoms with Crippen LogP contribution in [0.3, 0.4) is 0 Å². The van der Waals surface area contributed by atoms with Gasteiger partial charge >= 0.3 is 5.97 Å². The van der Waals surface area contributed by atoms with Gasteiger partial charge in [-0.15, -0.1) is 0 Å². The Morgan fingerprint density at radius 1 is 0.806 bits per heavy atom. The van der Waals surface area contributed by atoms with Gasteiger partial charge in [0.2, 0.25) is 0 Å². The van der Waals surface area contributed by atoms with Gasteiger partial charge in [0, 0.05) is 5.56 Å². The number of hydrogen-bond acceptors (Lipinski definition) is 7. The minimum absolute atomic E-state index is 0.264. The van der Waals surface area contributed by atoms with E-state index in [1.807, 2.05) is 13.8 Å². The quantitative estimate of drug-likeness (QED) is 0.161. The van der Waals surface area contributed by atoms with Crippen LogP contribution in [0.4, 0.5) is 0 Å². The van der Waals surface area contributed by atoms with Crippen molar-refractivity contribution in [1.82, 2.24) is 5.43 Å². The number of methoxy groups -OCH3 is 1. The minimum Gasteiger partial charge on any atom is -0.494 e. The lowest BCUT2D eigenvalue weighted by atomic mass is 10.2. The van der Waals surface area contributed by atoms with Gasteiger partial charge in [-0.2, -0.15) is 5.10 Å². The number of rotatable bonds is 12. The molecule has 3 rings (SSSR count). The molecule has 0 heterocycles. The highest BCUT2D eigenvalue weighted by Crippen LogP contribution is 2.28. The predicted molar refractivity (Wildman–Crippen MR) is 137 cm³/mol. The highest BCUT2D eigenvalue weighted by Gasteiger charge is 2.13. The summed E-state index contributed by atoms with van der Waals surface area (Å²) in [6.07, 6.45) is 3.28. The van der Waals surface area contributed by atoms with Crippen molar-refractivity contribution in [1.29, 1.82) is 0 Å². The second-order valence-corrected chi connectivity index (χ2v) is 7.74. The van der Waals surface area contributed by atoms with Crippen molar-refractivity contribution in [2.24, 2.45) is 5.10 Å². The number of benzene rings is 3. The Labute approximate surface area is 210 Å². The Bertz CT molecular complexity index is 1170. The molecule has 3 aromatic carbocycles. The van der Waals surface area contributed by atoms with Crippen LogP contribution in [0.25, 0.3) is 0 Å². The average molecular weight is 491 g/mol. The summed E-state index contributed by atoms with van der Waals surface area (Å²) in [5.41, 5.74) is 3.98. The lowest BCUT2D eigenvalue weighted by Crippen LogP contribution is -2.17. The summed E-state index contributed by atoms with van der Waals surface area (Å²) in [6.45, 7) is 5.29. The van der Waals surface area contributed by atoms with Crippen molar-refractivity contribution in [2.75, 3.05) is 20.3 Å². The molecule has 8 nitrogen and oxygen atoms in total. The Hall–Kier alpha value is -4.33. The number of amides is 1. The number of nitrogens with one attached hydrogen (secondary N) is 1. The molecule has 0 saturated heterocycles. The van der Waals surface area contributed by atoms with E-state index in [4.69, 9.17) is 18.9 Å². The topological polar surface area (TPSA) is 95.5 Å². The summed E-state index contributed by atoms with van der Waals surface area (Å²) in [5, 5.41) is 4.00. The third kappa shape index (κ3) is 7.59. The number of nitrogens with zero attached hydrogens (tertiary/aromatic N) is 1. The summed E-state index contributed by atoms with van der Waals surface area (Å²) in [4.78, 5) is 24.9. The number of esters is 1. The van der Waals surface area contributed by atoms with E-state index in [9.17, 15) is 9.59 Å². The van der Waals surface area contributed by atoms with Crippen LogP contribution in [0.2, 0.25) is 0 Å². The molecule has 0 aliphatic carbocycles. The van der Waals surface area contributed by atoms with Gasteiger partial charge in [-0.25, -0.2) is 10.2 Å². The largest absolute Gasteiger partial charge is 0.494 e. The maximum absolute atomic E-state index is 12.5. The van der Waals surface area contributed by atoms with Crippen molar-refractivity contribution in [3.05, 3.63) is 83.4 Å². The molecular formula is C28H30N2O6. The first kappa shape index (κ1) is 26.3. The second-order valence-electron chi connectivity index (χ2n) is 7.74. The highest BCUT2D eigenvalue weighted by atomic mass is 16.6. The molecule has 0 aromatic heterocycles. The maximum atomic E-state index is 12.5. The van der Waals surface area contributed by atoms with Gasteiger partial charge in [-0.1, -0.05) is 13.8 Å². The number of carbonyl (C=O) groups excluding carboxylic acids is 2. The van der Waals surface area contributed by atoms with Crippen LogP contribution >= 0.6 is 0 Å². The number of hydrogen-bond donors (Lipinski definition) is 1. The molecule has 0 fully saturated rings. The number of carbonyl (C=O) groups is 2. The van der Waals surface area contributed by atoms with Crippen molar-refractivity contribution in [2.45, 2.75) is 26.7 Å². The molecule has 1 amide bonds. The van der Waals surface area contributed by atoms with E-state index in [1.54, 1.807) is 66.7 Å². The summed E-state index contributed by atoms with van der Waals surface area (Å²) in [5.74, 6) is 1.15. The Morgan fingerprint density at radius 2 is 1.39 bits per heavy atom. The normalized spacial score (nSPS) is 10.6. The third-order valence-corrected chi connectivity index (χ3v) is 4.92. The molecule has 0 aliphatic rings. The fourth-order valence-electron chi connectivity index (χ4n) is 3.07. The first-order chi connectivity index (χ1) is 17.5. The maximum Gasteiger partial charge on any atom is 0.343 e. The minimum atomic E-state index is -0.518. The second kappa shape index (κ2) is 13.5. The zero-order valence-electron chi connectivity index (χ0n) is 20.7. The molecule has 0 saturated carbocycles. The van der Waals surface area contributed by atoms with Gasteiger partial charge in [0.25, 0.3) is 5.91 Å². The lowest BCUT2D eigenvalue weighted by Gasteiger charge is -2.10. The molecule has 0 radical (unpaired) electrons. The van der Waals surface area contributed by atoms with E-state index in [0.717, 1.165) is 12.8 Å². The fraction of sp³-hybridized carbons (Fsp3) is 0.250. The first-order valence-corrected chi connectivity index (χ1v) is 11.7. The number of ether oxygens (including phenoxy) is 4. The van der Waals surface area contributed by atoms with E-state index < -0.39 is 5.97 Å². The van der Waals surface area contributed by atoms with Crippen molar-refractivity contribution in [3.63, 3.8) is 0 Å². The monoisotopic (exact) mass is 490 g/mol. The van der Waals surface area contributed by atoms with Crippen LogP contribution < -0.4 is 24.4 Å². The molecule has 36 heavy (non-hydrogen) atoms. The van der Waals surface area contributed by atoms with E-state index in [0.29, 0.717) is 47.2 Å². The molecular weight excluding hydrogens is 460 g/mol. The lowest BCUT2D eigenvalue weighted by molar-refractivity contribution is 0.0729. The first-order valence-electron chi connectivity index (χ1n) is 11.7. The molecule has 8 heteroatoms. The summed E-state index contributed by atoms with van der Waals surface area (Å²) in [7, 11) is 1.48. The van der Waals surface area contributed by atoms with Crippen LogP contribution in [0.5, 0.6) is 23.0 Å². The molecule has 0 spiro atoms. The third-order valence-electron chi connectivity index (χ3n) is 4.92. The molecule has 0 atom stereocenters. The molecule has 188 valence electrons. The van der Waals surface area contributed by atoms with Crippen molar-refractivity contribution < 1.29 is 28.5 Å². The van der Waals surface area contributed by atoms with E-state index in [1.165, 1.54) is 13.3 Å². The Kier molecular flexibility index (Phi) is 9.88. The number of hydrazone groups is 1. The van der Waals surface area contributed by atoms with E-state index >= 15 is 0 Å². The Balaban J connectivity index is 1.58. The fourth-order valence-corrected chi connectivity index (χ4v) is 3.07. The molecule has 0 unspecified atom stereocenters. The molecule has 3 aromatic rings. The van der Waals surface area contributed by atoms with Crippen LogP contribution in [0.1, 0.15) is 53.0 Å². The van der Waals surface area contributed by atoms with Gasteiger partial charge < -0.3 is 18.9 Å². The van der Waals surface area contributed by atoms with Gasteiger partial charge in [0.1, 0.15) is 11.5 Å². The van der Waals surface area contributed by atoms with Crippen molar-refractivity contribution in [3.8, 4) is 23.0 Å². The summed E-state index contributed by atoms with van der Waals surface area (Å²) >= 11 is 0. The average Bonchev–Trinajstić information content (AvgIpc) is 2.91. The molecule has 0 aliphatic heterocycles. The SMILES string of the molecule is CCCOc1ccc(C(=O)N/N=C/c2ccc(OC(=O)c3ccc(OCCC)cc3)c(OC)c2)cc1. The van der Waals surface area contributed by atoms with Crippen LogP contribution in [-0.2, 0) is 0 Å². The summed E-state index contributed by atoms with van der Waals surface area (Å²) in [6, 6.07) is 18.5. The van der Waals surface area contributed by atoms with Gasteiger partial charge in [0.15, 0.2) is 11.5 Å². The smallest absolute Gasteiger partial charge is 0.343 e. The molecule has 0 bridgehead atoms. The highest BCUT2D eigenvalue weighted by molar-refractivity contribution is 5.95. The Morgan fingerprint density at radius 3 is 1.94 bits per heavy atom.